The zero-order valence-electron chi connectivity index (χ0n) is 13.9. The molecule has 6 nitrogen and oxygen atoms in total. The molecule has 1 aliphatic rings. The molecule has 0 aliphatic carbocycles. The smallest absolute Gasteiger partial charge is 0.243 e. The highest BCUT2D eigenvalue weighted by atomic mass is 35.5. The van der Waals surface area contributed by atoms with Crippen molar-refractivity contribution in [1.82, 2.24) is 14.3 Å². The number of piperazine rings is 1. The van der Waals surface area contributed by atoms with Gasteiger partial charge in [0.25, 0.3) is 0 Å². The first-order chi connectivity index (χ1) is 12.5. The zero-order valence-corrected chi connectivity index (χ0v) is 15.5. The number of hydrogen-bond donors (Lipinski definition) is 0. The Morgan fingerprint density at radius 1 is 0.923 bits per heavy atom. The number of nitrogens with zero attached hydrogens (tertiary/aromatic N) is 4. The average Bonchev–Trinajstić information content (AvgIpc) is 2.67. The SMILES string of the molecule is O=S(=O)(c1ccc2ccccc2c1)N1CCN(c2cncc(Cl)n2)CC1. The maximum atomic E-state index is 13.0. The first-order valence-electron chi connectivity index (χ1n) is 8.25. The highest BCUT2D eigenvalue weighted by molar-refractivity contribution is 7.89. The third-order valence-electron chi connectivity index (χ3n) is 4.51. The van der Waals surface area contributed by atoms with Gasteiger partial charge in [-0.25, -0.2) is 13.4 Å². The third kappa shape index (κ3) is 3.25. The van der Waals surface area contributed by atoms with Crippen molar-refractivity contribution in [1.29, 1.82) is 0 Å². The Bertz CT molecular complexity index is 1050. The second-order valence-corrected chi connectivity index (χ2v) is 8.43. The van der Waals surface area contributed by atoms with E-state index in [0.717, 1.165) is 10.8 Å². The van der Waals surface area contributed by atoms with Gasteiger partial charge >= 0.3 is 0 Å². The van der Waals surface area contributed by atoms with Gasteiger partial charge in [0.15, 0.2) is 0 Å². The van der Waals surface area contributed by atoms with E-state index in [0.29, 0.717) is 42.0 Å². The molecule has 0 radical (unpaired) electrons. The highest BCUT2D eigenvalue weighted by Gasteiger charge is 2.29. The molecule has 0 spiro atoms. The van der Waals surface area contributed by atoms with Crippen LogP contribution in [-0.4, -0.2) is 48.9 Å². The highest BCUT2D eigenvalue weighted by Crippen LogP contribution is 2.24. The minimum atomic E-state index is -3.52. The van der Waals surface area contributed by atoms with Crippen molar-refractivity contribution in [3.63, 3.8) is 0 Å². The molecule has 1 aromatic heterocycles. The van der Waals surface area contributed by atoms with Crippen LogP contribution in [0.5, 0.6) is 0 Å². The maximum absolute atomic E-state index is 13.0. The number of rotatable bonds is 3. The Balaban J connectivity index is 1.54. The van der Waals surface area contributed by atoms with Gasteiger partial charge in [-0.05, 0) is 22.9 Å². The van der Waals surface area contributed by atoms with Gasteiger partial charge in [0.1, 0.15) is 11.0 Å². The molecule has 2 heterocycles. The second-order valence-electron chi connectivity index (χ2n) is 6.10. The van der Waals surface area contributed by atoms with Gasteiger partial charge in [-0.3, -0.25) is 4.98 Å². The van der Waals surface area contributed by atoms with E-state index < -0.39 is 10.0 Å². The fourth-order valence-electron chi connectivity index (χ4n) is 3.12. The summed E-state index contributed by atoms with van der Waals surface area (Å²) in [4.78, 5) is 10.6. The van der Waals surface area contributed by atoms with Crippen molar-refractivity contribution in [2.75, 3.05) is 31.1 Å². The number of halogens is 1. The van der Waals surface area contributed by atoms with E-state index in [1.807, 2.05) is 35.2 Å². The van der Waals surface area contributed by atoms with Crippen molar-refractivity contribution >= 4 is 38.2 Å². The van der Waals surface area contributed by atoms with Gasteiger partial charge < -0.3 is 4.90 Å². The normalized spacial score (nSPS) is 16.1. The molecule has 0 saturated carbocycles. The lowest BCUT2D eigenvalue weighted by Crippen LogP contribution is -2.48. The largest absolute Gasteiger partial charge is 0.353 e. The van der Waals surface area contributed by atoms with Crippen molar-refractivity contribution in [3.8, 4) is 0 Å². The van der Waals surface area contributed by atoms with Crippen molar-refractivity contribution < 1.29 is 8.42 Å². The van der Waals surface area contributed by atoms with E-state index >= 15 is 0 Å². The Labute approximate surface area is 157 Å². The van der Waals surface area contributed by atoms with Crippen LogP contribution in [-0.2, 0) is 10.0 Å². The fourth-order valence-corrected chi connectivity index (χ4v) is 4.72. The second kappa shape index (κ2) is 6.83. The summed E-state index contributed by atoms with van der Waals surface area (Å²) < 4.78 is 27.5. The van der Waals surface area contributed by atoms with Gasteiger partial charge in [0, 0.05) is 26.2 Å². The summed E-state index contributed by atoms with van der Waals surface area (Å²) >= 11 is 5.89. The molecule has 8 heteroatoms. The van der Waals surface area contributed by atoms with Crippen LogP contribution in [0.4, 0.5) is 5.82 Å². The van der Waals surface area contributed by atoms with Crippen LogP contribution < -0.4 is 4.90 Å². The van der Waals surface area contributed by atoms with Crippen LogP contribution in [0, 0.1) is 0 Å². The molecule has 26 heavy (non-hydrogen) atoms. The molecule has 2 aromatic carbocycles. The molecule has 1 saturated heterocycles. The van der Waals surface area contributed by atoms with Crippen molar-refractivity contribution in [2.45, 2.75) is 4.90 Å². The van der Waals surface area contributed by atoms with Crippen LogP contribution in [0.2, 0.25) is 5.15 Å². The quantitative estimate of drug-likeness (QED) is 0.690. The molecule has 0 unspecified atom stereocenters. The minimum absolute atomic E-state index is 0.326. The third-order valence-corrected chi connectivity index (χ3v) is 6.59. The van der Waals surface area contributed by atoms with Crippen molar-refractivity contribution in [3.05, 3.63) is 60.0 Å². The van der Waals surface area contributed by atoms with Gasteiger partial charge in [-0.15, -0.1) is 0 Å². The van der Waals surface area contributed by atoms with Gasteiger partial charge in [-0.2, -0.15) is 4.31 Å². The van der Waals surface area contributed by atoms with Crippen LogP contribution in [0.3, 0.4) is 0 Å². The molecule has 1 fully saturated rings. The van der Waals surface area contributed by atoms with Crippen LogP contribution >= 0.6 is 11.6 Å². The Morgan fingerprint density at radius 2 is 1.65 bits per heavy atom. The van der Waals surface area contributed by atoms with Gasteiger partial charge in [0.2, 0.25) is 10.0 Å². The summed E-state index contributed by atoms with van der Waals surface area (Å²) in [5, 5.41) is 2.27. The van der Waals surface area contributed by atoms with Crippen LogP contribution in [0.15, 0.2) is 59.8 Å². The fraction of sp³-hybridized carbons (Fsp3) is 0.222. The molecular formula is C18H17ClN4O2S. The Hall–Kier alpha value is -2.22. The average molecular weight is 389 g/mol. The van der Waals surface area contributed by atoms with Crippen LogP contribution in [0.1, 0.15) is 0 Å². The number of benzene rings is 2. The molecular weight excluding hydrogens is 372 g/mol. The number of fused-ring (bicyclic) bond motifs is 1. The standard InChI is InChI=1S/C18H17ClN4O2S/c19-17-12-20-13-18(21-17)22-7-9-23(10-8-22)26(24,25)16-6-5-14-3-1-2-4-15(14)11-16/h1-6,11-13H,7-10H2. The molecule has 3 aromatic rings. The molecule has 134 valence electrons. The predicted molar refractivity (Wildman–Crippen MR) is 102 cm³/mol. The maximum Gasteiger partial charge on any atom is 0.243 e. The predicted octanol–water partition coefficient (Wildman–Crippen LogP) is 2.79. The molecule has 1 aliphatic heterocycles. The molecule has 0 N–H and O–H groups in total. The van der Waals surface area contributed by atoms with E-state index in [1.54, 1.807) is 18.3 Å². The van der Waals surface area contributed by atoms with E-state index in [9.17, 15) is 8.42 Å². The first-order valence-corrected chi connectivity index (χ1v) is 10.1. The molecule has 4 rings (SSSR count). The molecule has 0 bridgehead atoms. The summed E-state index contributed by atoms with van der Waals surface area (Å²) in [5.74, 6) is 0.667. The Kier molecular flexibility index (Phi) is 4.52. The Morgan fingerprint density at radius 3 is 2.38 bits per heavy atom. The number of anilines is 1. The lowest BCUT2D eigenvalue weighted by Gasteiger charge is -2.34. The van der Waals surface area contributed by atoms with E-state index in [1.165, 1.54) is 10.5 Å². The summed E-state index contributed by atoms with van der Waals surface area (Å²) in [5.41, 5.74) is 0. The summed E-state index contributed by atoms with van der Waals surface area (Å²) in [6, 6.07) is 13.0. The van der Waals surface area contributed by atoms with E-state index in [4.69, 9.17) is 11.6 Å². The van der Waals surface area contributed by atoms with Gasteiger partial charge in [-0.1, -0.05) is 41.9 Å². The summed E-state index contributed by atoms with van der Waals surface area (Å²) in [6.45, 7) is 1.87. The minimum Gasteiger partial charge on any atom is -0.353 e. The van der Waals surface area contributed by atoms with Crippen molar-refractivity contribution in [2.24, 2.45) is 0 Å². The first kappa shape index (κ1) is 17.2. The summed E-state index contributed by atoms with van der Waals surface area (Å²) in [6.07, 6.45) is 3.12. The van der Waals surface area contributed by atoms with E-state index in [-0.39, 0.29) is 0 Å². The number of hydrogen-bond acceptors (Lipinski definition) is 5. The zero-order chi connectivity index (χ0) is 18.1. The molecule has 0 atom stereocenters. The lowest BCUT2D eigenvalue weighted by molar-refractivity contribution is 0.383. The van der Waals surface area contributed by atoms with Crippen LogP contribution in [0.25, 0.3) is 10.8 Å². The number of sulfonamides is 1. The topological polar surface area (TPSA) is 66.4 Å². The van der Waals surface area contributed by atoms with Gasteiger partial charge in [0.05, 0.1) is 17.3 Å². The molecule has 0 amide bonds. The monoisotopic (exact) mass is 388 g/mol. The number of aromatic nitrogens is 2. The summed E-state index contributed by atoms with van der Waals surface area (Å²) in [7, 11) is -3.52. The lowest BCUT2D eigenvalue weighted by atomic mass is 10.1. The van der Waals surface area contributed by atoms with E-state index in [2.05, 4.69) is 9.97 Å².